The van der Waals surface area contributed by atoms with Crippen LogP contribution in [0.1, 0.15) is 11.1 Å². The lowest BCUT2D eigenvalue weighted by molar-refractivity contribution is 0.468. The van der Waals surface area contributed by atoms with Crippen molar-refractivity contribution < 1.29 is 8.42 Å². The molecule has 0 atom stereocenters. The number of rotatable bonds is 4. The van der Waals surface area contributed by atoms with Gasteiger partial charge in [-0.25, -0.2) is 8.42 Å². The Bertz CT molecular complexity index is 745. The molecule has 0 unspecified atom stereocenters. The van der Waals surface area contributed by atoms with Gasteiger partial charge in [-0.1, -0.05) is 12.1 Å². The van der Waals surface area contributed by atoms with Crippen LogP contribution in [0.4, 0.5) is 0 Å². The fourth-order valence-electron chi connectivity index (χ4n) is 1.63. The third-order valence-electron chi connectivity index (χ3n) is 2.72. The van der Waals surface area contributed by atoms with Crippen LogP contribution in [0.15, 0.2) is 44.4 Å². The largest absolute Gasteiger partial charge is 0.253 e. The van der Waals surface area contributed by atoms with Crippen molar-refractivity contribution in [3.8, 4) is 6.07 Å². The standard InChI is InChI=1S/C13H11BrN2O2S2/c1-16(9-11-4-2-10(8-15)3-5-11)20(17,18)13-12(14)6-7-19-13/h2-7H,9H2,1H3. The number of hydrogen-bond donors (Lipinski definition) is 0. The Balaban J connectivity index is 2.21. The van der Waals surface area contributed by atoms with Crippen molar-refractivity contribution in [1.82, 2.24) is 4.31 Å². The smallest absolute Gasteiger partial charge is 0.206 e. The zero-order valence-corrected chi connectivity index (χ0v) is 13.8. The average Bonchev–Trinajstić information content (AvgIpc) is 2.86. The molecule has 0 bridgehead atoms. The summed E-state index contributed by atoms with van der Waals surface area (Å²) in [5, 5.41) is 10.5. The van der Waals surface area contributed by atoms with E-state index in [4.69, 9.17) is 5.26 Å². The molecule has 0 aliphatic rings. The molecule has 4 nitrogen and oxygen atoms in total. The predicted molar refractivity (Wildman–Crippen MR) is 81.8 cm³/mol. The van der Waals surface area contributed by atoms with E-state index in [0.29, 0.717) is 14.2 Å². The summed E-state index contributed by atoms with van der Waals surface area (Å²) in [5.41, 5.74) is 1.39. The van der Waals surface area contributed by atoms with Gasteiger partial charge in [0, 0.05) is 18.1 Å². The van der Waals surface area contributed by atoms with Crippen LogP contribution in [0.2, 0.25) is 0 Å². The number of nitrogens with zero attached hydrogens (tertiary/aromatic N) is 2. The van der Waals surface area contributed by atoms with Gasteiger partial charge in [-0.05, 0) is 45.1 Å². The van der Waals surface area contributed by atoms with E-state index in [1.807, 2.05) is 6.07 Å². The molecule has 104 valence electrons. The topological polar surface area (TPSA) is 61.2 Å². The summed E-state index contributed by atoms with van der Waals surface area (Å²) in [6, 6.07) is 10.6. The highest BCUT2D eigenvalue weighted by molar-refractivity contribution is 9.10. The maximum absolute atomic E-state index is 12.4. The maximum atomic E-state index is 12.4. The third kappa shape index (κ3) is 3.10. The van der Waals surface area contributed by atoms with Gasteiger partial charge in [0.1, 0.15) is 4.21 Å². The van der Waals surface area contributed by atoms with Crippen LogP contribution in [0, 0.1) is 11.3 Å². The lowest BCUT2D eigenvalue weighted by atomic mass is 10.1. The molecule has 0 aliphatic heterocycles. The predicted octanol–water partition coefficient (Wildman–Crippen LogP) is 3.20. The molecular weight excluding hydrogens is 360 g/mol. The zero-order valence-electron chi connectivity index (χ0n) is 10.6. The Morgan fingerprint density at radius 1 is 1.30 bits per heavy atom. The van der Waals surface area contributed by atoms with Gasteiger partial charge in [0.05, 0.1) is 11.6 Å². The van der Waals surface area contributed by atoms with E-state index in [2.05, 4.69) is 15.9 Å². The molecule has 0 amide bonds. The SMILES string of the molecule is CN(Cc1ccc(C#N)cc1)S(=O)(=O)c1sccc1Br. The second-order valence-corrected chi connectivity index (χ2v) is 8.14. The molecule has 0 fully saturated rings. The summed E-state index contributed by atoms with van der Waals surface area (Å²) in [6.45, 7) is 0.262. The van der Waals surface area contributed by atoms with E-state index in [1.54, 1.807) is 42.8 Å². The molecule has 0 aliphatic carbocycles. The molecule has 0 saturated heterocycles. The van der Waals surface area contributed by atoms with Gasteiger partial charge in [-0.3, -0.25) is 0 Å². The summed E-state index contributed by atoms with van der Waals surface area (Å²) in [6.07, 6.45) is 0. The van der Waals surface area contributed by atoms with E-state index in [0.717, 1.165) is 5.56 Å². The lowest BCUT2D eigenvalue weighted by Crippen LogP contribution is -2.26. The highest BCUT2D eigenvalue weighted by Crippen LogP contribution is 2.30. The molecule has 1 aromatic carbocycles. The summed E-state index contributed by atoms with van der Waals surface area (Å²) >= 11 is 4.43. The van der Waals surface area contributed by atoms with Gasteiger partial charge < -0.3 is 0 Å². The molecule has 0 spiro atoms. The number of hydrogen-bond acceptors (Lipinski definition) is 4. The second kappa shape index (κ2) is 6.06. The van der Waals surface area contributed by atoms with Crippen LogP contribution < -0.4 is 0 Å². The highest BCUT2D eigenvalue weighted by Gasteiger charge is 2.24. The Kier molecular flexibility index (Phi) is 4.60. The van der Waals surface area contributed by atoms with Gasteiger partial charge in [0.15, 0.2) is 0 Å². The summed E-state index contributed by atoms with van der Waals surface area (Å²) in [4.78, 5) is 0. The zero-order chi connectivity index (χ0) is 14.8. The van der Waals surface area contributed by atoms with Gasteiger partial charge in [0.25, 0.3) is 10.0 Å². The van der Waals surface area contributed by atoms with Crippen LogP contribution in [0.25, 0.3) is 0 Å². The van der Waals surface area contributed by atoms with Crippen LogP contribution in [0.5, 0.6) is 0 Å². The summed E-state index contributed by atoms with van der Waals surface area (Å²) in [7, 11) is -1.96. The molecule has 2 aromatic rings. The molecule has 0 N–H and O–H groups in total. The minimum Gasteiger partial charge on any atom is -0.206 e. The second-order valence-electron chi connectivity index (χ2n) is 4.13. The van der Waals surface area contributed by atoms with E-state index in [9.17, 15) is 8.42 Å². The first kappa shape index (κ1) is 15.2. The molecular formula is C13H11BrN2O2S2. The number of thiophene rings is 1. The molecule has 1 heterocycles. The van der Waals surface area contributed by atoms with Gasteiger partial charge in [0.2, 0.25) is 0 Å². The molecule has 0 saturated carbocycles. The van der Waals surface area contributed by atoms with E-state index < -0.39 is 10.0 Å². The molecule has 7 heteroatoms. The van der Waals surface area contributed by atoms with Crippen molar-refractivity contribution in [2.24, 2.45) is 0 Å². The van der Waals surface area contributed by atoms with E-state index in [-0.39, 0.29) is 6.54 Å². The molecule has 2 rings (SSSR count). The quantitative estimate of drug-likeness (QED) is 0.829. The Labute approximate surface area is 130 Å². The summed E-state index contributed by atoms with van der Waals surface area (Å²) < 4.78 is 27.0. The van der Waals surface area contributed by atoms with Gasteiger partial charge >= 0.3 is 0 Å². The van der Waals surface area contributed by atoms with Crippen molar-refractivity contribution in [2.45, 2.75) is 10.8 Å². The minimum atomic E-state index is -3.50. The number of halogens is 1. The highest BCUT2D eigenvalue weighted by atomic mass is 79.9. The van der Waals surface area contributed by atoms with Crippen LogP contribution >= 0.6 is 27.3 Å². The monoisotopic (exact) mass is 370 g/mol. The first-order valence-electron chi connectivity index (χ1n) is 5.63. The minimum absolute atomic E-state index is 0.262. The molecule has 0 radical (unpaired) electrons. The van der Waals surface area contributed by atoms with Crippen molar-refractivity contribution >= 4 is 37.3 Å². The molecule has 1 aromatic heterocycles. The fourth-order valence-corrected chi connectivity index (χ4v) is 5.29. The first-order valence-corrected chi connectivity index (χ1v) is 8.75. The maximum Gasteiger partial charge on any atom is 0.253 e. The van der Waals surface area contributed by atoms with E-state index >= 15 is 0 Å². The summed E-state index contributed by atoms with van der Waals surface area (Å²) in [5.74, 6) is 0. The van der Waals surface area contributed by atoms with Crippen molar-refractivity contribution in [2.75, 3.05) is 7.05 Å². The van der Waals surface area contributed by atoms with Crippen LogP contribution in [-0.2, 0) is 16.6 Å². The third-order valence-corrected chi connectivity index (χ3v) is 7.17. The van der Waals surface area contributed by atoms with Crippen molar-refractivity contribution in [1.29, 1.82) is 5.26 Å². The fraction of sp³-hybridized carbons (Fsp3) is 0.154. The van der Waals surface area contributed by atoms with Crippen molar-refractivity contribution in [3.63, 3.8) is 0 Å². The Morgan fingerprint density at radius 2 is 1.95 bits per heavy atom. The van der Waals surface area contributed by atoms with Crippen LogP contribution in [-0.4, -0.2) is 19.8 Å². The van der Waals surface area contributed by atoms with Gasteiger partial charge in [-0.15, -0.1) is 11.3 Å². The normalized spacial score (nSPS) is 11.5. The first-order chi connectivity index (χ1) is 9.45. The van der Waals surface area contributed by atoms with Crippen LogP contribution in [0.3, 0.4) is 0 Å². The number of nitriles is 1. The van der Waals surface area contributed by atoms with Crippen molar-refractivity contribution in [3.05, 3.63) is 51.3 Å². The number of sulfonamides is 1. The molecule has 20 heavy (non-hydrogen) atoms. The lowest BCUT2D eigenvalue weighted by Gasteiger charge is -2.16. The number of benzene rings is 1. The van der Waals surface area contributed by atoms with Gasteiger partial charge in [-0.2, -0.15) is 9.57 Å². The average molecular weight is 371 g/mol. The van der Waals surface area contributed by atoms with E-state index in [1.165, 1.54) is 15.6 Å². The Hall–Kier alpha value is -1.20. The Morgan fingerprint density at radius 3 is 2.45 bits per heavy atom.